The van der Waals surface area contributed by atoms with E-state index in [0.717, 1.165) is 0 Å². The van der Waals surface area contributed by atoms with Crippen LogP contribution in [-0.2, 0) is 0 Å². The molecule has 0 unspecified atom stereocenters. The van der Waals surface area contributed by atoms with Gasteiger partial charge in [-0.05, 0) is 18.2 Å². The van der Waals surface area contributed by atoms with Crippen LogP contribution in [0.5, 0.6) is 5.75 Å². The molecule has 1 aromatic carbocycles. The highest BCUT2D eigenvalue weighted by Gasteiger charge is 2.10. The average molecular weight is 238 g/mol. The Morgan fingerprint density at radius 2 is 2.12 bits per heavy atom. The largest absolute Gasteiger partial charge is 0.496 e. The number of carbonyl (C=O) groups excluding carboxylic acids is 1. The van der Waals surface area contributed by atoms with Gasteiger partial charge in [0.15, 0.2) is 0 Å². The van der Waals surface area contributed by atoms with Crippen molar-refractivity contribution in [2.75, 3.05) is 21.2 Å². The molecule has 0 aromatic heterocycles. The zero-order chi connectivity index (χ0) is 12.1. The summed E-state index contributed by atoms with van der Waals surface area (Å²) in [6.07, 6.45) is 0. The van der Waals surface area contributed by atoms with Gasteiger partial charge in [-0.1, -0.05) is 11.6 Å². The zero-order valence-electron chi connectivity index (χ0n) is 9.37. The summed E-state index contributed by atoms with van der Waals surface area (Å²) in [5.41, 5.74) is 0.379. The second-order valence-corrected chi connectivity index (χ2v) is 3.74. The highest BCUT2D eigenvalue weighted by molar-refractivity contribution is 6.31. The van der Waals surface area contributed by atoms with E-state index in [2.05, 4.69) is 12.0 Å². The summed E-state index contributed by atoms with van der Waals surface area (Å²) in [5, 5.41) is 0.482. The minimum absolute atomic E-state index is 0.312. The number of nitrogens with zero attached hydrogens (tertiary/aromatic N) is 1. The molecule has 0 atom stereocenters. The molecule has 16 heavy (non-hydrogen) atoms. The Hall–Kier alpha value is -1.66. The molecule has 0 bridgehead atoms. The molecule has 0 amide bonds. The summed E-state index contributed by atoms with van der Waals surface area (Å²) < 4.78 is 5.07. The van der Waals surface area contributed by atoms with Crippen molar-refractivity contribution in [1.82, 2.24) is 4.90 Å². The molecule has 1 aromatic rings. The molecule has 0 aliphatic heterocycles. The van der Waals surface area contributed by atoms with Gasteiger partial charge in [-0.25, -0.2) is 0 Å². The van der Waals surface area contributed by atoms with Crippen molar-refractivity contribution in [3.05, 3.63) is 28.8 Å². The first-order chi connectivity index (χ1) is 7.54. The summed E-state index contributed by atoms with van der Waals surface area (Å²) in [4.78, 5) is 13.3. The van der Waals surface area contributed by atoms with Crippen molar-refractivity contribution < 1.29 is 9.53 Å². The van der Waals surface area contributed by atoms with Crippen LogP contribution < -0.4 is 4.74 Å². The second kappa shape index (κ2) is 5.43. The first-order valence-electron chi connectivity index (χ1n) is 4.61. The molecule has 0 radical (unpaired) electrons. The third-order valence-corrected chi connectivity index (χ3v) is 2.03. The number of hydrogen-bond acceptors (Lipinski definition) is 3. The lowest BCUT2D eigenvalue weighted by molar-refractivity contribution is 0.105. The number of ketones is 1. The molecule has 0 aliphatic carbocycles. The number of benzene rings is 1. The van der Waals surface area contributed by atoms with Crippen molar-refractivity contribution >= 4 is 17.4 Å². The van der Waals surface area contributed by atoms with E-state index in [9.17, 15) is 4.79 Å². The van der Waals surface area contributed by atoms with E-state index in [1.807, 2.05) is 0 Å². The number of carbonyl (C=O) groups is 1. The van der Waals surface area contributed by atoms with E-state index in [1.165, 1.54) is 7.11 Å². The normalized spacial score (nSPS) is 9.00. The van der Waals surface area contributed by atoms with Crippen molar-refractivity contribution in [1.29, 1.82) is 0 Å². The van der Waals surface area contributed by atoms with Crippen LogP contribution in [0.25, 0.3) is 0 Å². The van der Waals surface area contributed by atoms with E-state index in [4.69, 9.17) is 16.3 Å². The number of rotatable bonds is 2. The van der Waals surface area contributed by atoms with Crippen LogP contribution in [0.2, 0.25) is 5.02 Å². The van der Waals surface area contributed by atoms with Gasteiger partial charge in [0.1, 0.15) is 5.75 Å². The molecular formula is C12H12ClNO2. The fourth-order valence-electron chi connectivity index (χ4n) is 1.09. The van der Waals surface area contributed by atoms with E-state index >= 15 is 0 Å². The standard InChI is InChI=1S/C12H12ClNO2/c1-14(2)7-6-11(15)10-8-9(13)4-5-12(10)16-3/h4-5,8H,1-3H3. The zero-order valence-corrected chi connectivity index (χ0v) is 10.1. The first kappa shape index (κ1) is 12.4. The molecule has 0 saturated heterocycles. The predicted octanol–water partition coefficient (Wildman–Crippen LogP) is 2.05. The smallest absolute Gasteiger partial charge is 0.241 e. The van der Waals surface area contributed by atoms with E-state index in [1.54, 1.807) is 37.2 Å². The van der Waals surface area contributed by atoms with Gasteiger partial charge in [-0.2, -0.15) is 0 Å². The summed E-state index contributed by atoms with van der Waals surface area (Å²) in [6, 6.07) is 7.51. The van der Waals surface area contributed by atoms with Crippen molar-refractivity contribution in [3.63, 3.8) is 0 Å². The van der Waals surface area contributed by atoms with Crippen LogP contribution in [-0.4, -0.2) is 31.9 Å². The van der Waals surface area contributed by atoms with Gasteiger partial charge in [-0.3, -0.25) is 4.79 Å². The van der Waals surface area contributed by atoms with Crippen LogP contribution in [0.15, 0.2) is 18.2 Å². The topological polar surface area (TPSA) is 29.5 Å². The fraction of sp³-hybridized carbons (Fsp3) is 0.250. The molecule has 1 rings (SSSR count). The Morgan fingerprint density at radius 3 is 2.69 bits per heavy atom. The summed E-state index contributed by atoms with van der Waals surface area (Å²) in [6.45, 7) is 0. The summed E-state index contributed by atoms with van der Waals surface area (Å²) in [5.74, 6) is 2.66. The van der Waals surface area contributed by atoms with Crippen LogP contribution >= 0.6 is 11.6 Å². The monoisotopic (exact) mass is 237 g/mol. The minimum atomic E-state index is -0.312. The Labute approximate surface area is 100.0 Å². The van der Waals surface area contributed by atoms with Gasteiger partial charge in [0.05, 0.1) is 12.7 Å². The number of ether oxygens (including phenoxy) is 1. The van der Waals surface area contributed by atoms with E-state index < -0.39 is 0 Å². The van der Waals surface area contributed by atoms with Crippen LogP contribution in [0.4, 0.5) is 0 Å². The Morgan fingerprint density at radius 1 is 1.44 bits per heavy atom. The highest BCUT2D eigenvalue weighted by Crippen LogP contribution is 2.22. The molecule has 0 fully saturated rings. The Balaban J connectivity index is 3.08. The maximum Gasteiger partial charge on any atom is 0.241 e. The lowest BCUT2D eigenvalue weighted by atomic mass is 10.1. The number of halogens is 1. The average Bonchev–Trinajstić information content (AvgIpc) is 2.25. The third-order valence-electron chi connectivity index (χ3n) is 1.80. The van der Waals surface area contributed by atoms with Crippen molar-refractivity contribution in [2.45, 2.75) is 0 Å². The molecule has 0 heterocycles. The highest BCUT2D eigenvalue weighted by atomic mass is 35.5. The van der Waals surface area contributed by atoms with E-state index in [-0.39, 0.29) is 5.78 Å². The number of Topliss-reactive ketones (excluding diaryl/α,β-unsaturated/α-hetero) is 1. The molecule has 3 nitrogen and oxygen atoms in total. The fourth-order valence-corrected chi connectivity index (χ4v) is 1.26. The molecule has 0 N–H and O–H groups in total. The van der Waals surface area contributed by atoms with Crippen LogP contribution in [0.1, 0.15) is 10.4 Å². The maximum absolute atomic E-state index is 11.7. The Bertz CT molecular complexity index is 458. The van der Waals surface area contributed by atoms with Gasteiger partial charge >= 0.3 is 0 Å². The summed E-state index contributed by atoms with van der Waals surface area (Å²) in [7, 11) is 5.02. The first-order valence-corrected chi connectivity index (χ1v) is 4.99. The van der Waals surface area contributed by atoms with Gasteiger partial charge in [-0.15, -0.1) is 0 Å². The lowest BCUT2D eigenvalue weighted by Crippen LogP contribution is -2.04. The van der Waals surface area contributed by atoms with Crippen molar-refractivity contribution in [2.24, 2.45) is 0 Å². The Kier molecular flexibility index (Phi) is 4.21. The van der Waals surface area contributed by atoms with E-state index in [0.29, 0.717) is 16.3 Å². The molecule has 84 valence electrons. The van der Waals surface area contributed by atoms with Crippen molar-refractivity contribution in [3.8, 4) is 17.7 Å². The van der Waals surface area contributed by atoms with Gasteiger partial charge in [0, 0.05) is 31.1 Å². The molecule has 4 heteroatoms. The van der Waals surface area contributed by atoms with Gasteiger partial charge in [0.2, 0.25) is 5.78 Å². The van der Waals surface area contributed by atoms with Crippen LogP contribution in [0, 0.1) is 12.0 Å². The minimum Gasteiger partial charge on any atom is -0.496 e. The molecule has 0 saturated carbocycles. The third kappa shape index (κ3) is 3.18. The predicted molar refractivity (Wildman–Crippen MR) is 63.8 cm³/mol. The summed E-state index contributed by atoms with van der Waals surface area (Å²) >= 11 is 5.81. The maximum atomic E-state index is 11.7. The molecular weight excluding hydrogens is 226 g/mol. The SMILES string of the molecule is COc1ccc(Cl)cc1C(=O)C#CN(C)C. The lowest BCUT2D eigenvalue weighted by Gasteiger charge is -2.05. The number of hydrogen-bond donors (Lipinski definition) is 0. The molecule has 0 spiro atoms. The second-order valence-electron chi connectivity index (χ2n) is 3.30. The quantitative estimate of drug-likeness (QED) is 0.448. The van der Waals surface area contributed by atoms with Gasteiger partial charge in [0.25, 0.3) is 0 Å². The number of methoxy groups -OCH3 is 1. The van der Waals surface area contributed by atoms with Crippen LogP contribution in [0.3, 0.4) is 0 Å². The molecule has 0 aliphatic rings. The van der Waals surface area contributed by atoms with Gasteiger partial charge < -0.3 is 9.64 Å².